The van der Waals surface area contributed by atoms with Crippen LogP contribution in [0.5, 0.6) is 0 Å². The Balaban J connectivity index is 1.67. The molecule has 154 valence electrons. The van der Waals surface area contributed by atoms with E-state index in [2.05, 4.69) is 10.2 Å². The van der Waals surface area contributed by atoms with E-state index in [1.807, 2.05) is 38.1 Å². The average molecular weight is 424 g/mol. The Kier molecular flexibility index (Phi) is 7.66. The second kappa shape index (κ2) is 9.99. The molecule has 7 heteroatoms. The molecule has 2 amide bonds. The number of amides is 2. The standard InChI is InChI=1S/C21H30ClN3O2S/c1-15(2)20(27)25-18(14-28-21(25)16-8-4-5-9-17(16)22)19(26)23-10-13-24-11-6-3-7-12-24/h4-5,8-9,15,18,21H,3,6-7,10-14H2,1-2H3,(H,23,26)/t18-,21+/m1/s1. The van der Waals surface area contributed by atoms with Crippen molar-refractivity contribution >= 4 is 35.2 Å². The third-order valence-corrected chi connectivity index (χ3v) is 7.05. The van der Waals surface area contributed by atoms with Crippen molar-refractivity contribution < 1.29 is 9.59 Å². The molecule has 3 rings (SSSR count). The number of piperidine rings is 1. The summed E-state index contributed by atoms with van der Waals surface area (Å²) in [7, 11) is 0. The molecule has 2 fully saturated rings. The maximum atomic E-state index is 13.0. The van der Waals surface area contributed by atoms with E-state index in [4.69, 9.17) is 11.6 Å². The van der Waals surface area contributed by atoms with Gasteiger partial charge in [-0.05, 0) is 32.0 Å². The zero-order valence-corrected chi connectivity index (χ0v) is 18.3. The molecular weight excluding hydrogens is 394 g/mol. The number of carbonyl (C=O) groups is 2. The van der Waals surface area contributed by atoms with Gasteiger partial charge in [-0.1, -0.05) is 50.1 Å². The molecule has 28 heavy (non-hydrogen) atoms. The molecule has 2 aliphatic heterocycles. The van der Waals surface area contributed by atoms with E-state index in [1.165, 1.54) is 19.3 Å². The first-order valence-corrected chi connectivity index (χ1v) is 11.6. The lowest BCUT2D eigenvalue weighted by Gasteiger charge is -2.31. The smallest absolute Gasteiger partial charge is 0.243 e. The van der Waals surface area contributed by atoms with Gasteiger partial charge in [0.2, 0.25) is 11.8 Å². The minimum atomic E-state index is -0.456. The van der Waals surface area contributed by atoms with Crippen LogP contribution in [-0.2, 0) is 9.59 Å². The van der Waals surface area contributed by atoms with Crippen molar-refractivity contribution in [3.05, 3.63) is 34.9 Å². The summed E-state index contributed by atoms with van der Waals surface area (Å²) in [5, 5.41) is 3.47. The zero-order chi connectivity index (χ0) is 20.1. The number of hydrogen-bond acceptors (Lipinski definition) is 4. The van der Waals surface area contributed by atoms with E-state index in [9.17, 15) is 9.59 Å². The summed E-state index contributed by atoms with van der Waals surface area (Å²) in [6.45, 7) is 7.47. The summed E-state index contributed by atoms with van der Waals surface area (Å²) in [5.74, 6) is 0.343. The molecular formula is C21H30ClN3O2S. The van der Waals surface area contributed by atoms with Crippen LogP contribution in [0, 0.1) is 5.92 Å². The highest BCUT2D eigenvalue weighted by Crippen LogP contribution is 2.44. The fourth-order valence-electron chi connectivity index (χ4n) is 3.83. The molecule has 0 saturated carbocycles. The van der Waals surface area contributed by atoms with Crippen molar-refractivity contribution in [2.45, 2.75) is 44.5 Å². The molecule has 0 bridgehead atoms. The number of likely N-dealkylation sites (tertiary alicyclic amines) is 1. The molecule has 2 heterocycles. The van der Waals surface area contributed by atoms with E-state index in [-0.39, 0.29) is 23.1 Å². The highest BCUT2D eigenvalue weighted by Gasteiger charge is 2.43. The number of thioether (sulfide) groups is 1. The molecule has 1 aromatic rings. The first kappa shape index (κ1) is 21.5. The Morgan fingerprint density at radius 1 is 1.21 bits per heavy atom. The van der Waals surface area contributed by atoms with Gasteiger partial charge in [0.1, 0.15) is 11.4 Å². The van der Waals surface area contributed by atoms with Gasteiger partial charge in [-0.15, -0.1) is 11.8 Å². The molecule has 5 nitrogen and oxygen atoms in total. The lowest BCUT2D eigenvalue weighted by Crippen LogP contribution is -2.50. The van der Waals surface area contributed by atoms with Crippen LogP contribution < -0.4 is 5.32 Å². The molecule has 0 spiro atoms. The quantitative estimate of drug-likeness (QED) is 0.760. The maximum absolute atomic E-state index is 13.0. The van der Waals surface area contributed by atoms with Gasteiger partial charge in [0.25, 0.3) is 0 Å². The summed E-state index contributed by atoms with van der Waals surface area (Å²) in [4.78, 5) is 30.0. The first-order valence-electron chi connectivity index (χ1n) is 10.2. The van der Waals surface area contributed by atoms with E-state index in [0.717, 1.165) is 25.2 Å². The monoisotopic (exact) mass is 423 g/mol. The van der Waals surface area contributed by atoms with Crippen LogP contribution in [0.3, 0.4) is 0 Å². The minimum absolute atomic E-state index is 0.00824. The Labute approximate surface area is 177 Å². The zero-order valence-electron chi connectivity index (χ0n) is 16.7. The van der Waals surface area contributed by atoms with E-state index >= 15 is 0 Å². The fraction of sp³-hybridized carbons (Fsp3) is 0.619. The van der Waals surface area contributed by atoms with Gasteiger partial charge in [0, 0.05) is 35.3 Å². The van der Waals surface area contributed by atoms with Gasteiger partial charge in [0.05, 0.1) is 0 Å². The van der Waals surface area contributed by atoms with Crippen LogP contribution in [0.1, 0.15) is 44.0 Å². The topological polar surface area (TPSA) is 52.7 Å². The molecule has 2 atom stereocenters. The van der Waals surface area contributed by atoms with Crippen molar-refractivity contribution in [2.24, 2.45) is 5.92 Å². The van der Waals surface area contributed by atoms with Gasteiger partial charge in [-0.2, -0.15) is 0 Å². The number of hydrogen-bond donors (Lipinski definition) is 1. The highest BCUT2D eigenvalue weighted by atomic mass is 35.5. The molecule has 0 aromatic heterocycles. The van der Waals surface area contributed by atoms with Crippen LogP contribution >= 0.6 is 23.4 Å². The van der Waals surface area contributed by atoms with Gasteiger partial charge < -0.3 is 15.1 Å². The second-order valence-electron chi connectivity index (χ2n) is 7.82. The maximum Gasteiger partial charge on any atom is 0.243 e. The summed E-state index contributed by atoms with van der Waals surface area (Å²) in [6, 6.07) is 7.12. The Morgan fingerprint density at radius 3 is 2.61 bits per heavy atom. The Hall–Kier alpha value is -1.24. The van der Waals surface area contributed by atoms with E-state index < -0.39 is 6.04 Å². The number of rotatable bonds is 6. The van der Waals surface area contributed by atoms with Crippen LogP contribution in [0.4, 0.5) is 0 Å². The van der Waals surface area contributed by atoms with Gasteiger partial charge in [-0.3, -0.25) is 9.59 Å². The largest absolute Gasteiger partial charge is 0.353 e. The second-order valence-corrected chi connectivity index (χ2v) is 9.34. The van der Waals surface area contributed by atoms with E-state index in [1.54, 1.807) is 16.7 Å². The molecule has 0 unspecified atom stereocenters. The van der Waals surface area contributed by atoms with Gasteiger partial charge >= 0.3 is 0 Å². The first-order chi connectivity index (χ1) is 13.5. The Bertz CT molecular complexity index is 694. The van der Waals surface area contributed by atoms with Crippen LogP contribution in [0.15, 0.2) is 24.3 Å². The van der Waals surface area contributed by atoms with Crippen molar-refractivity contribution in [3.8, 4) is 0 Å². The minimum Gasteiger partial charge on any atom is -0.353 e. The van der Waals surface area contributed by atoms with Crippen LogP contribution in [0.25, 0.3) is 0 Å². The number of nitrogens with zero attached hydrogens (tertiary/aromatic N) is 2. The van der Waals surface area contributed by atoms with Crippen molar-refractivity contribution in [1.82, 2.24) is 15.1 Å². The highest BCUT2D eigenvalue weighted by molar-refractivity contribution is 7.99. The van der Waals surface area contributed by atoms with Gasteiger partial charge in [0.15, 0.2) is 0 Å². The number of nitrogens with one attached hydrogen (secondary N) is 1. The summed E-state index contributed by atoms with van der Waals surface area (Å²) < 4.78 is 0. The van der Waals surface area contributed by atoms with Crippen LogP contribution in [-0.4, -0.2) is 59.6 Å². The normalized spacial score (nSPS) is 23.2. The molecule has 0 radical (unpaired) electrons. The summed E-state index contributed by atoms with van der Waals surface area (Å²) in [6.07, 6.45) is 3.78. The predicted octanol–water partition coefficient (Wildman–Crippen LogP) is 3.54. The number of carbonyl (C=O) groups excluding carboxylic acids is 2. The number of halogens is 1. The predicted molar refractivity (Wildman–Crippen MR) is 115 cm³/mol. The number of benzene rings is 1. The third-order valence-electron chi connectivity index (χ3n) is 5.40. The van der Waals surface area contributed by atoms with Crippen molar-refractivity contribution in [2.75, 3.05) is 31.9 Å². The van der Waals surface area contributed by atoms with Crippen molar-refractivity contribution in [1.29, 1.82) is 0 Å². The van der Waals surface area contributed by atoms with E-state index in [0.29, 0.717) is 17.3 Å². The van der Waals surface area contributed by atoms with Crippen LogP contribution in [0.2, 0.25) is 5.02 Å². The summed E-state index contributed by atoms with van der Waals surface area (Å²) >= 11 is 8.00. The summed E-state index contributed by atoms with van der Waals surface area (Å²) in [5.41, 5.74) is 0.895. The molecule has 0 aliphatic carbocycles. The third kappa shape index (κ3) is 5.02. The Morgan fingerprint density at radius 2 is 1.93 bits per heavy atom. The molecule has 2 aliphatic rings. The molecule has 2 saturated heterocycles. The lowest BCUT2D eigenvalue weighted by molar-refractivity contribution is -0.142. The van der Waals surface area contributed by atoms with Gasteiger partial charge in [-0.25, -0.2) is 0 Å². The SMILES string of the molecule is CC(C)C(=O)N1[C@@H](C(=O)NCCN2CCCCC2)CS[C@H]1c1ccccc1Cl. The fourth-order valence-corrected chi connectivity index (χ4v) is 5.61. The molecule has 1 aromatic carbocycles. The average Bonchev–Trinajstić information content (AvgIpc) is 3.13. The molecule has 1 N–H and O–H groups in total. The van der Waals surface area contributed by atoms with Crippen molar-refractivity contribution in [3.63, 3.8) is 0 Å². The lowest BCUT2D eigenvalue weighted by atomic mass is 10.1.